The molecule has 0 aromatic carbocycles. The zero-order chi connectivity index (χ0) is 27.8. The van der Waals surface area contributed by atoms with Crippen LogP contribution in [0.15, 0.2) is 0 Å². The molecule has 0 amide bonds. The van der Waals surface area contributed by atoms with Gasteiger partial charge in [-0.25, -0.2) is 0 Å². The van der Waals surface area contributed by atoms with Crippen molar-refractivity contribution in [3.63, 3.8) is 0 Å². The van der Waals surface area contributed by atoms with Crippen LogP contribution in [0, 0.1) is 5.92 Å². The predicted octanol–water partition coefficient (Wildman–Crippen LogP) is 4.86. The van der Waals surface area contributed by atoms with Gasteiger partial charge >= 0.3 is 5.97 Å². The van der Waals surface area contributed by atoms with Crippen LogP contribution >= 0.6 is 22.6 Å². The van der Waals surface area contributed by atoms with Crippen LogP contribution in [0.25, 0.3) is 0 Å². The van der Waals surface area contributed by atoms with Crippen LogP contribution < -0.4 is 0 Å². The minimum Gasteiger partial charge on any atom is -0.463 e. The second kappa shape index (κ2) is 33.1. The highest BCUT2D eigenvalue weighted by Crippen LogP contribution is 2.14. The number of esters is 1. The summed E-state index contributed by atoms with van der Waals surface area (Å²) in [5.41, 5.74) is 0. The molecule has 228 valence electrons. The predicted molar refractivity (Wildman–Crippen MR) is 157 cm³/mol. The van der Waals surface area contributed by atoms with Crippen LogP contribution in [0.5, 0.6) is 0 Å². The highest BCUT2D eigenvalue weighted by molar-refractivity contribution is 14.1. The van der Waals surface area contributed by atoms with E-state index in [1.165, 1.54) is 23.7 Å². The second-order valence-electron chi connectivity index (χ2n) is 8.80. The summed E-state index contributed by atoms with van der Waals surface area (Å²) in [4.78, 5) is 12.0. The molecule has 0 rings (SSSR count). The Hall–Kier alpha value is -0.0800. The lowest BCUT2D eigenvalue weighted by atomic mass is 10.00. The number of halogens is 1. The lowest BCUT2D eigenvalue weighted by molar-refractivity contribution is -0.150. The van der Waals surface area contributed by atoms with Crippen LogP contribution in [-0.2, 0) is 42.7 Å². The van der Waals surface area contributed by atoms with Gasteiger partial charge < -0.3 is 37.9 Å². The highest BCUT2D eigenvalue weighted by atomic mass is 127. The van der Waals surface area contributed by atoms with Gasteiger partial charge in [0.05, 0.1) is 91.8 Å². The first-order valence-corrected chi connectivity index (χ1v) is 16.1. The lowest BCUT2D eigenvalue weighted by Gasteiger charge is -2.13. The fourth-order valence-electron chi connectivity index (χ4n) is 3.33. The Labute approximate surface area is 245 Å². The highest BCUT2D eigenvalue weighted by Gasteiger charge is 2.16. The molecule has 0 aromatic heterocycles. The molecule has 10 heteroatoms. The Morgan fingerprint density at radius 2 is 0.921 bits per heavy atom. The van der Waals surface area contributed by atoms with Gasteiger partial charge in [-0.15, -0.1) is 0 Å². The molecule has 0 aliphatic rings. The summed E-state index contributed by atoms with van der Waals surface area (Å²) in [6, 6.07) is 0. The maximum Gasteiger partial charge on any atom is 0.308 e. The van der Waals surface area contributed by atoms with E-state index in [-0.39, 0.29) is 18.5 Å². The number of hydrogen-bond acceptors (Lipinski definition) is 9. The number of ether oxygens (including phenoxy) is 8. The van der Waals surface area contributed by atoms with Crippen molar-refractivity contribution in [1.29, 1.82) is 0 Å². The van der Waals surface area contributed by atoms with Gasteiger partial charge in [-0.2, -0.15) is 0 Å². The molecule has 1 unspecified atom stereocenters. The summed E-state index contributed by atoms with van der Waals surface area (Å²) < 4.78 is 44.9. The molecule has 0 N–H and O–H groups in total. The van der Waals surface area contributed by atoms with Gasteiger partial charge in [-0.3, -0.25) is 4.79 Å². The molecule has 0 aliphatic carbocycles. The summed E-state index contributed by atoms with van der Waals surface area (Å²) in [6.45, 7) is 12.1. The molecule has 0 aromatic rings. The molecule has 0 saturated carbocycles. The van der Waals surface area contributed by atoms with E-state index < -0.39 is 0 Å². The summed E-state index contributed by atoms with van der Waals surface area (Å²) in [6.07, 6.45) is 8.85. The van der Waals surface area contributed by atoms with E-state index in [0.717, 1.165) is 38.7 Å². The maximum absolute atomic E-state index is 12.0. The Morgan fingerprint density at radius 1 is 0.526 bits per heavy atom. The molecule has 0 radical (unpaired) electrons. The van der Waals surface area contributed by atoms with E-state index >= 15 is 0 Å². The Balaban J connectivity index is 3.16. The molecule has 0 heterocycles. The second-order valence-corrected chi connectivity index (χ2v) is 9.88. The van der Waals surface area contributed by atoms with Crippen molar-refractivity contribution < 1.29 is 42.7 Å². The first kappa shape index (κ1) is 37.9. The molecule has 0 aliphatic heterocycles. The normalized spacial score (nSPS) is 12.2. The van der Waals surface area contributed by atoms with Crippen LogP contribution in [0.2, 0.25) is 0 Å². The van der Waals surface area contributed by atoms with Crippen molar-refractivity contribution in [3.05, 3.63) is 0 Å². The molecule has 0 saturated heterocycles. The van der Waals surface area contributed by atoms with Gasteiger partial charge in [0.2, 0.25) is 0 Å². The largest absolute Gasteiger partial charge is 0.463 e. The minimum absolute atomic E-state index is 0.00676. The average molecular weight is 663 g/mol. The van der Waals surface area contributed by atoms with Crippen molar-refractivity contribution in [1.82, 2.24) is 0 Å². The Bertz CT molecular complexity index is 472. The van der Waals surface area contributed by atoms with E-state index in [0.29, 0.717) is 85.9 Å². The zero-order valence-corrected chi connectivity index (χ0v) is 26.3. The zero-order valence-electron chi connectivity index (χ0n) is 24.1. The molecule has 0 bridgehead atoms. The summed E-state index contributed by atoms with van der Waals surface area (Å²) in [7, 11) is 0. The van der Waals surface area contributed by atoms with Crippen LogP contribution in [0.1, 0.15) is 65.2 Å². The third-order valence-corrected chi connectivity index (χ3v) is 6.37. The topological polar surface area (TPSA) is 90.9 Å². The molecular weight excluding hydrogens is 607 g/mol. The van der Waals surface area contributed by atoms with E-state index in [2.05, 4.69) is 29.5 Å². The van der Waals surface area contributed by atoms with E-state index in [4.69, 9.17) is 37.9 Å². The van der Waals surface area contributed by atoms with Gasteiger partial charge in [-0.05, 0) is 30.1 Å². The summed E-state index contributed by atoms with van der Waals surface area (Å²) >= 11 is 2.42. The monoisotopic (exact) mass is 662 g/mol. The van der Waals surface area contributed by atoms with E-state index in [1.54, 1.807) is 0 Å². The SMILES string of the molecule is CCCCC(CC)C(=O)OCCOCCOCCOCCOCCOCCOCCOCCCCCCI. The van der Waals surface area contributed by atoms with Crippen molar-refractivity contribution in [2.24, 2.45) is 5.92 Å². The van der Waals surface area contributed by atoms with Crippen LogP contribution in [0.3, 0.4) is 0 Å². The summed E-state index contributed by atoms with van der Waals surface area (Å²) in [5, 5.41) is 0. The van der Waals surface area contributed by atoms with Gasteiger partial charge in [0.15, 0.2) is 0 Å². The fraction of sp³-hybridized carbons (Fsp3) is 0.964. The third-order valence-electron chi connectivity index (χ3n) is 5.61. The maximum atomic E-state index is 12.0. The smallest absolute Gasteiger partial charge is 0.308 e. The fourth-order valence-corrected chi connectivity index (χ4v) is 3.87. The number of alkyl halides is 1. The minimum atomic E-state index is -0.112. The Morgan fingerprint density at radius 3 is 1.32 bits per heavy atom. The number of carbonyl (C=O) groups is 1. The standard InChI is InChI=1S/C28H55IO9/c1-3-5-10-27(4-2)28(30)38-26-25-37-24-23-36-22-21-35-20-19-34-18-17-33-16-15-32-14-13-31-12-9-7-6-8-11-29/h27H,3-26H2,1-2H3. The molecule has 0 spiro atoms. The summed E-state index contributed by atoms with van der Waals surface area (Å²) in [5.74, 6) is -0.105. The quantitative estimate of drug-likeness (QED) is 0.0434. The molecule has 9 nitrogen and oxygen atoms in total. The van der Waals surface area contributed by atoms with Crippen molar-refractivity contribution in [3.8, 4) is 0 Å². The first-order chi connectivity index (χ1) is 18.8. The van der Waals surface area contributed by atoms with Crippen LogP contribution in [0.4, 0.5) is 0 Å². The third kappa shape index (κ3) is 28.9. The Kier molecular flexibility index (Phi) is 33.1. The van der Waals surface area contributed by atoms with E-state index in [9.17, 15) is 4.79 Å². The molecule has 1 atom stereocenters. The van der Waals surface area contributed by atoms with E-state index in [1.807, 2.05) is 6.92 Å². The number of unbranched alkanes of at least 4 members (excludes halogenated alkanes) is 4. The number of rotatable bonds is 32. The number of hydrogen-bond donors (Lipinski definition) is 0. The number of carbonyl (C=O) groups excluding carboxylic acids is 1. The van der Waals surface area contributed by atoms with Gasteiger partial charge in [-0.1, -0.05) is 62.1 Å². The average Bonchev–Trinajstić information content (AvgIpc) is 2.93. The molecule has 38 heavy (non-hydrogen) atoms. The first-order valence-electron chi connectivity index (χ1n) is 14.5. The van der Waals surface area contributed by atoms with Gasteiger partial charge in [0.25, 0.3) is 0 Å². The van der Waals surface area contributed by atoms with Gasteiger partial charge in [0.1, 0.15) is 6.61 Å². The van der Waals surface area contributed by atoms with Gasteiger partial charge in [0, 0.05) is 6.61 Å². The molecule has 0 fully saturated rings. The van der Waals surface area contributed by atoms with Crippen molar-refractivity contribution in [2.75, 3.05) is 104 Å². The lowest BCUT2D eigenvalue weighted by Crippen LogP contribution is -2.20. The van der Waals surface area contributed by atoms with Crippen LogP contribution in [-0.4, -0.2) is 110 Å². The van der Waals surface area contributed by atoms with Crippen molar-refractivity contribution >= 4 is 28.6 Å². The van der Waals surface area contributed by atoms with Crippen molar-refractivity contribution in [2.45, 2.75) is 65.2 Å². The molecular formula is C28H55IO9.